The van der Waals surface area contributed by atoms with Crippen LogP contribution in [0.5, 0.6) is 0 Å². The van der Waals surface area contributed by atoms with Gasteiger partial charge in [-0.2, -0.15) is 0 Å². The molecular weight excluding hydrogens is 166 g/mol. The zero-order valence-corrected chi connectivity index (χ0v) is 8.25. The van der Waals surface area contributed by atoms with Crippen molar-refractivity contribution in [2.24, 2.45) is 12.8 Å². The first-order chi connectivity index (χ1) is 6.29. The molecule has 0 fully saturated rings. The van der Waals surface area contributed by atoms with E-state index in [1.807, 2.05) is 18.7 Å². The predicted molar refractivity (Wildman–Crippen MR) is 52.5 cm³/mol. The summed E-state index contributed by atoms with van der Waals surface area (Å²) in [4.78, 5) is 0. The lowest BCUT2D eigenvalue weighted by Crippen LogP contribution is -2.04. The van der Waals surface area contributed by atoms with E-state index in [0.717, 1.165) is 37.6 Å². The second-order valence-corrected chi connectivity index (χ2v) is 2.99. The SMILES string of the molecule is CNc1nnc(CCCCN)n1C. The van der Waals surface area contributed by atoms with Gasteiger partial charge < -0.3 is 15.6 Å². The van der Waals surface area contributed by atoms with Crippen molar-refractivity contribution in [3.8, 4) is 0 Å². The summed E-state index contributed by atoms with van der Waals surface area (Å²) >= 11 is 0. The summed E-state index contributed by atoms with van der Waals surface area (Å²) < 4.78 is 1.97. The Hall–Kier alpha value is -1.10. The fourth-order valence-electron chi connectivity index (χ4n) is 1.22. The third-order valence-electron chi connectivity index (χ3n) is 2.04. The van der Waals surface area contributed by atoms with Gasteiger partial charge in [-0.05, 0) is 19.4 Å². The van der Waals surface area contributed by atoms with Gasteiger partial charge in [0, 0.05) is 20.5 Å². The van der Waals surface area contributed by atoms with Crippen LogP contribution in [0.4, 0.5) is 5.95 Å². The number of unbranched alkanes of at least 4 members (excludes halogenated alkanes) is 1. The first-order valence-electron chi connectivity index (χ1n) is 4.55. The highest BCUT2D eigenvalue weighted by molar-refractivity contribution is 5.23. The lowest BCUT2D eigenvalue weighted by molar-refractivity contribution is 0.688. The third-order valence-corrected chi connectivity index (χ3v) is 2.04. The molecule has 5 nitrogen and oxygen atoms in total. The van der Waals surface area contributed by atoms with Gasteiger partial charge in [0.1, 0.15) is 5.82 Å². The molecule has 13 heavy (non-hydrogen) atoms. The van der Waals surface area contributed by atoms with Crippen molar-refractivity contribution in [1.82, 2.24) is 14.8 Å². The molecule has 0 aliphatic rings. The van der Waals surface area contributed by atoms with Crippen LogP contribution in [0, 0.1) is 0 Å². The normalized spacial score (nSPS) is 10.4. The van der Waals surface area contributed by atoms with E-state index in [-0.39, 0.29) is 0 Å². The third kappa shape index (κ3) is 2.42. The maximum absolute atomic E-state index is 5.41. The largest absolute Gasteiger partial charge is 0.357 e. The number of rotatable bonds is 5. The molecule has 0 unspecified atom stereocenters. The Balaban J connectivity index is 2.51. The molecule has 0 amide bonds. The number of aryl methyl sites for hydroxylation is 1. The molecule has 0 aliphatic carbocycles. The van der Waals surface area contributed by atoms with E-state index in [9.17, 15) is 0 Å². The summed E-state index contributed by atoms with van der Waals surface area (Å²) in [6, 6.07) is 0. The average Bonchev–Trinajstić information content (AvgIpc) is 2.48. The zero-order valence-electron chi connectivity index (χ0n) is 8.25. The molecule has 0 saturated heterocycles. The molecule has 0 saturated carbocycles. The molecule has 0 bridgehead atoms. The van der Waals surface area contributed by atoms with Crippen molar-refractivity contribution < 1.29 is 0 Å². The second-order valence-electron chi connectivity index (χ2n) is 2.99. The summed E-state index contributed by atoms with van der Waals surface area (Å²) in [5.41, 5.74) is 5.41. The maximum atomic E-state index is 5.41. The molecule has 1 aromatic rings. The molecule has 5 heteroatoms. The number of aromatic nitrogens is 3. The summed E-state index contributed by atoms with van der Waals surface area (Å²) in [5, 5.41) is 11.0. The van der Waals surface area contributed by atoms with Gasteiger partial charge in [-0.1, -0.05) is 0 Å². The first-order valence-corrected chi connectivity index (χ1v) is 4.55. The lowest BCUT2D eigenvalue weighted by Gasteiger charge is -2.01. The van der Waals surface area contributed by atoms with E-state index in [2.05, 4.69) is 15.5 Å². The van der Waals surface area contributed by atoms with Crippen LogP contribution in [0.25, 0.3) is 0 Å². The number of hydrogen-bond donors (Lipinski definition) is 2. The Morgan fingerprint density at radius 2 is 2.15 bits per heavy atom. The van der Waals surface area contributed by atoms with Gasteiger partial charge in [0.15, 0.2) is 0 Å². The van der Waals surface area contributed by atoms with Crippen molar-refractivity contribution in [3.63, 3.8) is 0 Å². The molecule has 1 heterocycles. The monoisotopic (exact) mass is 183 g/mol. The topological polar surface area (TPSA) is 68.8 Å². The van der Waals surface area contributed by atoms with Crippen LogP contribution in [0.15, 0.2) is 0 Å². The van der Waals surface area contributed by atoms with Gasteiger partial charge in [0.25, 0.3) is 0 Å². The van der Waals surface area contributed by atoms with E-state index in [1.165, 1.54) is 0 Å². The van der Waals surface area contributed by atoms with Crippen LogP contribution in [-0.2, 0) is 13.5 Å². The number of hydrogen-bond acceptors (Lipinski definition) is 4. The Morgan fingerprint density at radius 3 is 2.69 bits per heavy atom. The van der Waals surface area contributed by atoms with Gasteiger partial charge in [-0.25, -0.2) is 0 Å². The Morgan fingerprint density at radius 1 is 1.38 bits per heavy atom. The second kappa shape index (κ2) is 4.81. The van der Waals surface area contributed by atoms with Crippen molar-refractivity contribution >= 4 is 5.95 Å². The minimum absolute atomic E-state index is 0.747. The summed E-state index contributed by atoms with van der Waals surface area (Å²) in [6.45, 7) is 0.747. The molecule has 3 N–H and O–H groups in total. The molecule has 1 rings (SSSR count). The first kappa shape index (κ1) is 9.98. The van der Waals surface area contributed by atoms with Crippen LogP contribution in [0.2, 0.25) is 0 Å². The standard InChI is InChI=1S/C8H17N5/c1-10-8-12-11-7(13(8)2)5-3-4-6-9/h3-6,9H2,1-2H3,(H,10,12). The molecule has 0 spiro atoms. The Labute approximate surface area is 78.3 Å². The van der Waals surface area contributed by atoms with Crippen molar-refractivity contribution in [1.29, 1.82) is 0 Å². The van der Waals surface area contributed by atoms with E-state index >= 15 is 0 Å². The molecular formula is C8H17N5. The number of nitrogens with zero attached hydrogens (tertiary/aromatic N) is 3. The van der Waals surface area contributed by atoms with Gasteiger partial charge >= 0.3 is 0 Å². The quantitative estimate of drug-likeness (QED) is 0.637. The molecule has 1 aromatic heterocycles. The van der Waals surface area contributed by atoms with Crippen LogP contribution in [0.1, 0.15) is 18.7 Å². The minimum Gasteiger partial charge on any atom is -0.357 e. The van der Waals surface area contributed by atoms with Crippen LogP contribution in [-0.4, -0.2) is 28.4 Å². The highest BCUT2D eigenvalue weighted by Crippen LogP contribution is 2.06. The van der Waals surface area contributed by atoms with Crippen LogP contribution < -0.4 is 11.1 Å². The van der Waals surface area contributed by atoms with Gasteiger partial charge in [-0.15, -0.1) is 10.2 Å². The van der Waals surface area contributed by atoms with Gasteiger partial charge in [0.2, 0.25) is 5.95 Å². The van der Waals surface area contributed by atoms with Crippen molar-refractivity contribution in [2.45, 2.75) is 19.3 Å². The summed E-state index contributed by atoms with van der Waals surface area (Å²) in [5.74, 6) is 1.82. The van der Waals surface area contributed by atoms with Crippen molar-refractivity contribution in [3.05, 3.63) is 5.82 Å². The van der Waals surface area contributed by atoms with E-state index in [0.29, 0.717) is 0 Å². The predicted octanol–water partition coefficient (Wildman–Crippen LogP) is 0.138. The van der Waals surface area contributed by atoms with Gasteiger partial charge in [-0.3, -0.25) is 0 Å². The fourth-order valence-corrected chi connectivity index (χ4v) is 1.22. The number of nitrogens with two attached hydrogens (primary N) is 1. The summed E-state index contributed by atoms with van der Waals surface area (Å²) in [7, 11) is 3.80. The minimum atomic E-state index is 0.747. The van der Waals surface area contributed by atoms with Crippen LogP contribution in [0.3, 0.4) is 0 Å². The average molecular weight is 183 g/mol. The zero-order chi connectivity index (χ0) is 9.68. The van der Waals surface area contributed by atoms with E-state index in [1.54, 1.807) is 0 Å². The molecule has 74 valence electrons. The Bertz CT molecular complexity index is 255. The van der Waals surface area contributed by atoms with Crippen LogP contribution >= 0.6 is 0 Å². The smallest absolute Gasteiger partial charge is 0.224 e. The summed E-state index contributed by atoms with van der Waals surface area (Å²) in [6.07, 6.45) is 3.07. The molecule has 0 aromatic carbocycles. The Kier molecular flexibility index (Phi) is 3.70. The molecule has 0 radical (unpaired) electrons. The number of anilines is 1. The highest BCUT2D eigenvalue weighted by atomic mass is 15.3. The molecule has 0 aliphatic heterocycles. The number of nitrogens with one attached hydrogen (secondary N) is 1. The van der Waals surface area contributed by atoms with Gasteiger partial charge in [0.05, 0.1) is 0 Å². The lowest BCUT2D eigenvalue weighted by atomic mass is 10.2. The van der Waals surface area contributed by atoms with E-state index < -0.39 is 0 Å². The maximum Gasteiger partial charge on any atom is 0.224 e. The highest BCUT2D eigenvalue weighted by Gasteiger charge is 2.05. The van der Waals surface area contributed by atoms with E-state index in [4.69, 9.17) is 5.73 Å². The fraction of sp³-hybridized carbons (Fsp3) is 0.750. The molecule has 0 atom stereocenters. The van der Waals surface area contributed by atoms with Crippen molar-refractivity contribution in [2.75, 3.05) is 18.9 Å².